The van der Waals surface area contributed by atoms with Crippen molar-refractivity contribution in [2.75, 3.05) is 0 Å². The van der Waals surface area contributed by atoms with Gasteiger partial charge in [-0.2, -0.15) is 0 Å². The summed E-state index contributed by atoms with van der Waals surface area (Å²) in [6.07, 6.45) is 3.72. The van der Waals surface area contributed by atoms with Crippen LogP contribution in [0.4, 0.5) is 0 Å². The van der Waals surface area contributed by atoms with Gasteiger partial charge in [0.1, 0.15) is 0 Å². The van der Waals surface area contributed by atoms with Gasteiger partial charge in [-0.25, -0.2) is 0 Å². The Morgan fingerprint density at radius 3 is 1.00 bits per heavy atom. The number of rotatable bonds is 4. The predicted octanol–water partition coefficient (Wildman–Crippen LogP) is 12.3. The number of aryl methyl sites for hydroxylation is 2. The van der Waals surface area contributed by atoms with Gasteiger partial charge in [0, 0.05) is 70.8 Å². The molecule has 0 saturated heterocycles. The van der Waals surface area contributed by atoms with Crippen molar-refractivity contribution >= 4 is 65.4 Å². The minimum absolute atomic E-state index is 0. The second-order valence-corrected chi connectivity index (χ2v) is 14.6. The molecule has 59 heavy (non-hydrogen) atoms. The van der Waals surface area contributed by atoms with Gasteiger partial charge in [0.25, 0.3) is 0 Å². The average molecular weight is 940 g/mol. The Balaban J connectivity index is 0.000000140. The van der Waals surface area contributed by atoms with Crippen LogP contribution in [0.25, 0.3) is 99.6 Å². The Hall–Kier alpha value is -7.01. The van der Waals surface area contributed by atoms with Crippen LogP contribution in [-0.4, -0.2) is 28.2 Å². The molecule has 0 atom stereocenters. The van der Waals surface area contributed by atoms with E-state index >= 15 is 0 Å². The molecule has 6 aromatic carbocycles. The van der Waals surface area contributed by atoms with E-state index in [1.807, 2.05) is 24.5 Å². The SMILES string of the molecule is Cn1c(-c2ncccc2-n2c3ccccc3c3ccccc32)[c-]c2ccccc21.Cn1c(-c2ncccc2-n2c3ccccc3c3ccccc32)[c-]c2ccccc21.[Pt+2]. The molecule has 284 valence electrons. The van der Waals surface area contributed by atoms with Gasteiger partial charge < -0.3 is 28.2 Å². The molecular formula is C52H36N6Pt. The number of hydrogen-bond donors (Lipinski definition) is 0. The minimum Gasteiger partial charge on any atom is -0.397 e. The van der Waals surface area contributed by atoms with Gasteiger partial charge in [-0.1, -0.05) is 97.1 Å². The topological polar surface area (TPSA) is 45.5 Å². The van der Waals surface area contributed by atoms with Crippen molar-refractivity contribution in [3.8, 4) is 34.2 Å². The maximum atomic E-state index is 4.80. The number of hydrogen-bond acceptors (Lipinski definition) is 2. The van der Waals surface area contributed by atoms with E-state index in [4.69, 9.17) is 9.97 Å². The third-order valence-corrected chi connectivity index (χ3v) is 11.4. The summed E-state index contributed by atoms with van der Waals surface area (Å²) in [6, 6.07) is 66.3. The van der Waals surface area contributed by atoms with Crippen LogP contribution in [0.3, 0.4) is 0 Å². The van der Waals surface area contributed by atoms with Crippen molar-refractivity contribution in [3.05, 3.63) is 194 Å². The van der Waals surface area contributed by atoms with Crippen molar-refractivity contribution in [1.82, 2.24) is 28.2 Å². The summed E-state index contributed by atoms with van der Waals surface area (Å²) in [7, 11) is 4.16. The number of pyridine rings is 2. The monoisotopic (exact) mass is 939 g/mol. The van der Waals surface area contributed by atoms with E-state index in [9.17, 15) is 0 Å². The number of aromatic nitrogens is 6. The van der Waals surface area contributed by atoms with Crippen LogP contribution in [-0.2, 0) is 35.2 Å². The van der Waals surface area contributed by atoms with Crippen LogP contribution in [0.1, 0.15) is 0 Å². The molecule has 0 saturated carbocycles. The van der Waals surface area contributed by atoms with E-state index in [1.54, 1.807) is 0 Å². The maximum Gasteiger partial charge on any atom is 2.00 e. The quantitative estimate of drug-likeness (QED) is 0.165. The van der Waals surface area contributed by atoms with Crippen LogP contribution in [0, 0.1) is 12.1 Å². The van der Waals surface area contributed by atoms with Gasteiger partial charge >= 0.3 is 21.1 Å². The summed E-state index contributed by atoms with van der Waals surface area (Å²) >= 11 is 0. The molecule has 0 fully saturated rings. The zero-order valence-corrected chi connectivity index (χ0v) is 34.6. The molecule has 0 radical (unpaired) electrons. The molecule has 0 bridgehead atoms. The van der Waals surface area contributed by atoms with Gasteiger partial charge in [-0.05, 0) is 71.0 Å². The Kier molecular flexibility index (Phi) is 9.08. The molecular weight excluding hydrogens is 904 g/mol. The van der Waals surface area contributed by atoms with Crippen molar-refractivity contribution in [2.45, 2.75) is 0 Å². The fourth-order valence-corrected chi connectivity index (χ4v) is 8.73. The van der Waals surface area contributed by atoms with Gasteiger partial charge in [0.2, 0.25) is 0 Å². The fourth-order valence-electron chi connectivity index (χ4n) is 8.73. The summed E-state index contributed by atoms with van der Waals surface area (Å²) in [5, 5.41) is 7.20. The van der Waals surface area contributed by atoms with Gasteiger partial charge in [-0.3, -0.25) is 0 Å². The van der Waals surface area contributed by atoms with E-state index in [0.29, 0.717) is 0 Å². The first kappa shape index (κ1) is 36.3. The molecule has 0 aliphatic heterocycles. The first-order valence-electron chi connectivity index (χ1n) is 19.5. The molecule has 0 unspecified atom stereocenters. The first-order chi connectivity index (χ1) is 28.7. The second-order valence-electron chi connectivity index (χ2n) is 14.6. The molecule has 6 heterocycles. The van der Waals surface area contributed by atoms with Crippen molar-refractivity contribution in [1.29, 1.82) is 0 Å². The first-order valence-corrected chi connectivity index (χ1v) is 19.5. The second kappa shape index (κ2) is 14.7. The Bertz CT molecular complexity index is 3170. The molecule has 0 spiro atoms. The Morgan fingerprint density at radius 1 is 0.356 bits per heavy atom. The van der Waals surface area contributed by atoms with Gasteiger partial charge in [-0.15, -0.1) is 47.2 Å². The molecule has 0 aliphatic rings. The normalized spacial score (nSPS) is 11.4. The van der Waals surface area contributed by atoms with Crippen LogP contribution in [0.2, 0.25) is 0 Å². The molecule has 6 aromatic heterocycles. The fraction of sp³-hybridized carbons (Fsp3) is 0.0385. The van der Waals surface area contributed by atoms with Crippen LogP contribution in [0.5, 0.6) is 0 Å². The number of benzene rings is 6. The molecule has 0 aliphatic carbocycles. The van der Waals surface area contributed by atoms with Gasteiger partial charge in [0.15, 0.2) is 0 Å². The summed E-state index contributed by atoms with van der Waals surface area (Å²) < 4.78 is 8.99. The van der Waals surface area contributed by atoms with E-state index in [-0.39, 0.29) is 21.1 Å². The molecule has 12 rings (SSSR count). The molecule has 7 heteroatoms. The maximum absolute atomic E-state index is 4.80. The zero-order chi connectivity index (χ0) is 38.7. The molecule has 12 aromatic rings. The van der Waals surface area contributed by atoms with E-state index in [0.717, 1.165) is 56.0 Å². The molecule has 0 N–H and O–H groups in total. The Morgan fingerprint density at radius 2 is 0.661 bits per heavy atom. The number of fused-ring (bicyclic) bond motifs is 8. The largest absolute Gasteiger partial charge is 2.00 e. The van der Waals surface area contributed by atoms with E-state index < -0.39 is 0 Å². The van der Waals surface area contributed by atoms with Crippen molar-refractivity contribution in [3.63, 3.8) is 0 Å². The third kappa shape index (κ3) is 5.82. The van der Waals surface area contributed by atoms with Crippen LogP contribution >= 0.6 is 0 Å². The minimum atomic E-state index is 0. The third-order valence-electron chi connectivity index (χ3n) is 11.4. The van der Waals surface area contributed by atoms with Crippen molar-refractivity contribution in [2.24, 2.45) is 14.1 Å². The predicted molar refractivity (Wildman–Crippen MR) is 239 cm³/mol. The standard InChI is InChI=1S/2C26H18N3.Pt/c2*1-28-21-12-5-2-9-18(21)17-25(28)26-24(15-8-16-27-26)29-22-13-6-3-10-19(22)20-11-4-7-14-23(20)29;/h2*2-16H,1H3;/q2*-1;+2. The number of para-hydroxylation sites is 6. The van der Waals surface area contributed by atoms with Crippen molar-refractivity contribution < 1.29 is 21.1 Å². The molecule has 0 amide bonds. The summed E-state index contributed by atoms with van der Waals surface area (Å²) in [5.41, 5.74) is 13.0. The summed E-state index contributed by atoms with van der Waals surface area (Å²) in [4.78, 5) is 9.60. The molecule has 6 nitrogen and oxygen atoms in total. The summed E-state index contributed by atoms with van der Waals surface area (Å²) in [5.74, 6) is 0. The van der Waals surface area contributed by atoms with E-state index in [1.165, 1.54) is 43.6 Å². The van der Waals surface area contributed by atoms with Gasteiger partial charge in [0.05, 0.1) is 22.1 Å². The Labute approximate surface area is 355 Å². The smallest absolute Gasteiger partial charge is 0.397 e. The van der Waals surface area contributed by atoms with Crippen LogP contribution in [0.15, 0.2) is 182 Å². The number of nitrogens with zero attached hydrogens (tertiary/aromatic N) is 6. The average Bonchev–Trinajstić information content (AvgIpc) is 4.01. The zero-order valence-electron chi connectivity index (χ0n) is 32.3. The summed E-state index contributed by atoms with van der Waals surface area (Å²) in [6.45, 7) is 0. The van der Waals surface area contributed by atoms with E-state index in [2.05, 4.69) is 202 Å². The van der Waals surface area contributed by atoms with Crippen LogP contribution < -0.4 is 0 Å².